The Labute approximate surface area is 115 Å². The number of nitrogens with two attached hydrogens (primary N) is 1. The maximum absolute atomic E-state index is 13.6. The van der Waals surface area contributed by atoms with Crippen molar-refractivity contribution in [3.05, 3.63) is 34.6 Å². The quantitative estimate of drug-likeness (QED) is 0.899. The highest BCUT2D eigenvalue weighted by atomic mass is 35.5. The van der Waals surface area contributed by atoms with Gasteiger partial charge in [0, 0.05) is 23.6 Å². The first-order chi connectivity index (χ1) is 8.79. The topological polar surface area (TPSA) is 80.5 Å². The van der Waals surface area contributed by atoms with Gasteiger partial charge < -0.3 is 4.90 Å². The zero-order chi connectivity index (χ0) is 14.2. The predicted molar refractivity (Wildman–Crippen MR) is 68.3 cm³/mol. The van der Waals surface area contributed by atoms with Gasteiger partial charge in [0.25, 0.3) is 0 Å². The molecule has 0 aromatic heterocycles. The fourth-order valence-corrected chi connectivity index (χ4v) is 2.97. The number of rotatable bonds is 3. The number of hydrogen-bond acceptors (Lipinski definition) is 3. The number of benzene rings is 1. The van der Waals surface area contributed by atoms with E-state index in [0.29, 0.717) is 0 Å². The minimum Gasteiger partial charge on any atom is -0.337 e. The van der Waals surface area contributed by atoms with Crippen LogP contribution in [-0.4, -0.2) is 31.0 Å². The number of likely N-dealkylation sites (tertiary alicyclic amines) is 1. The fraction of sp³-hybridized carbons (Fsp3) is 0.364. The zero-order valence-electron chi connectivity index (χ0n) is 9.84. The van der Waals surface area contributed by atoms with Crippen LogP contribution in [0.15, 0.2) is 18.2 Å². The van der Waals surface area contributed by atoms with Crippen molar-refractivity contribution < 1.29 is 17.6 Å². The first-order valence-electron chi connectivity index (χ1n) is 5.51. The van der Waals surface area contributed by atoms with Crippen molar-refractivity contribution in [2.24, 2.45) is 5.14 Å². The Kier molecular flexibility index (Phi) is 3.80. The van der Waals surface area contributed by atoms with Gasteiger partial charge in [0.1, 0.15) is 11.1 Å². The maximum Gasteiger partial charge on any atom is 0.224 e. The third kappa shape index (κ3) is 3.05. The highest BCUT2D eigenvalue weighted by molar-refractivity contribution is 7.89. The predicted octanol–water partition coefficient (Wildman–Crippen LogP) is 0.868. The van der Waals surface area contributed by atoms with Crippen LogP contribution in [0.25, 0.3) is 0 Å². The van der Waals surface area contributed by atoms with Crippen molar-refractivity contribution in [2.75, 3.05) is 6.54 Å². The molecule has 19 heavy (non-hydrogen) atoms. The summed E-state index contributed by atoms with van der Waals surface area (Å²) in [6.45, 7) is -0.0985. The molecule has 1 fully saturated rings. The van der Waals surface area contributed by atoms with Crippen LogP contribution in [0.4, 0.5) is 4.39 Å². The highest BCUT2D eigenvalue weighted by Gasteiger charge is 2.36. The molecule has 1 heterocycles. The third-order valence-electron chi connectivity index (χ3n) is 3.05. The average molecular weight is 307 g/mol. The van der Waals surface area contributed by atoms with Crippen molar-refractivity contribution in [1.29, 1.82) is 0 Å². The molecule has 2 rings (SSSR count). The Bertz CT molecular complexity index is 600. The molecule has 1 saturated heterocycles. The molecule has 1 amide bonds. The van der Waals surface area contributed by atoms with Crippen LogP contribution in [-0.2, 0) is 21.4 Å². The molecule has 0 radical (unpaired) electrons. The van der Waals surface area contributed by atoms with Crippen LogP contribution >= 0.6 is 11.6 Å². The molecule has 8 heteroatoms. The number of amides is 1. The van der Waals surface area contributed by atoms with Crippen LogP contribution in [0, 0.1) is 5.82 Å². The highest BCUT2D eigenvalue weighted by Crippen LogP contribution is 2.24. The standard InChI is InChI=1S/C11H12ClFN2O3S/c12-9-2-1-3-10(13)8(9)6-15-5-7(4-11(15)16)19(14,17)18/h1-3,7H,4-6H2,(H2,14,17,18). The van der Waals surface area contributed by atoms with E-state index in [2.05, 4.69) is 0 Å². The van der Waals surface area contributed by atoms with Gasteiger partial charge in [-0.1, -0.05) is 17.7 Å². The fourth-order valence-electron chi connectivity index (χ4n) is 1.98. The van der Waals surface area contributed by atoms with Crippen molar-refractivity contribution in [3.8, 4) is 0 Å². The average Bonchev–Trinajstić information content (AvgIpc) is 2.65. The van der Waals surface area contributed by atoms with Crippen LogP contribution in [0.5, 0.6) is 0 Å². The first-order valence-corrected chi connectivity index (χ1v) is 7.50. The molecule has 1 unspecified atom stereocenters. The lowest BCUT2D eigenvalue weighted by Crippen LogP contribution is -2.32. The number of hydrogen-bond donors (Lipinski definition) is 1. The minimum absolute atomic E-state index is 0.0394. The lowest BCUT2D eigenvalue weighted by atomic mass is 10.2. The van der Waals surface area contributed by atoms with E-state index in [1.165, 1.54) is 23.1 Å². The van der Waals surface area contributed by atoms with Crippen LogP contribution in [0.2, 0.25) is 5.02 Å². The second-order valence-electron chi connectivity index (χ2n) is 4.39. The first kappa shape index (κ1) is 14.2. The normalized spacial score (nSPS) is 20.1. The minimum atomic E-state index is -3.77. The van der Waals surface area contributed by atoms with Gasteiger partial charge in [-0.2, -0.15) is 0 Å². The number of nitrogens with zero attached hydrogens (tertiary/aromatic N) is 1. The SMILES string of the molecule is NS(=O)(=O)C1CC(=O)N(Cc2c(F)cccc2Cl)C1. The van der Waals surface area contributed by atoms with E-state index in [-0.39, 0.29) is 36.0 Å². The Balaban J connectivity index is 2.19. The van der Waals surface area contributed by atoms with Crippen molar-refractivity contribution in [3.63, 3.8) is 0 Å². The summed E-state index contributed by atoms with van der Waals surface area (Å²) < 4.78 is 36.0. The van der Waals surface area contributed by atoms with Gasteiger partial charge in [-0.25, -0.2) is 17.9 Å². The second-order valence-corrected chi connectivity index (χ2v) is 6.64. The van der Waals surface area contributed by atoms with E-state index >= 15 is 0 Å². The van der Waals surface area contributed by atoms with Crippen LogP contribution < -0.4 is 5.14 Å². The summed E-state index contributed by atoms with van der Waals surface area (Å²) in [5.41, 5.74) is 0.174. The molecule has 0 aliphatic carbocycles. The number of carbonyl (C=O) groups excluding carboxylic acids is 1. The van der Waals surface area contributed by atoms with Gasteiger partial charge in [0.05, 0.1) is 6.54 Å². The molecule has 1 aromatic rings. The summed E-state index contributed by atoms with van der Waals surface area (Å²) in [5.74, 6) is -0.905. The molecule has 1 aliphatic heterocycles. The van der Waals surface area contributed by atoms with E-state index in [1.54, 1.807) is 0 Å². The molecule has 0 saturated carbocycles. The molecule has 0 spiro atoms. The van der Waals surface area contributed by atoms with E-state index in [9.17, 15) is 17.6 Å². The molecule has 1 atom stereocenters. The van der Waals surface area contributed by atoms with E-state index in [0.717, 1.165) is 0 Å². The number of sulfonamides is 1. The number of halogens is 2. The monoisotopic (exact) mass is 306 g/mol. The van der Waals surface area contributed by atoms with Gasteiger partial charge in [-0.15, -0.1) is 0 Å². The van der Waals surface area contributed by atoms with Crippen molar-refractivity contribution in [1.82, 2.24) is 4.90 Å². The molecular formula is C11H12ClFN2O3S. The Hall–Kier alpha value is -1.18. The van der Waals surface area contributed by atoms with E-state index in [4.69, 9.17) is 16.7 Å². The molecule has 1 aliphatic rings. The summed E-state index contributed by atoms with van der Waals surface area (Å²) in [5, 5.41) is 4.27. The van der Waals surface area contributed by atoms with Crippen molar-refractivity contribution >= 4 is 27.5 Å². The number of carbonyl (C=O) groups is 1. The molecule has 5 nitrogen and oxygen atoms in total. The second kappa shape index (κ2) is 5.07. The largest absolute Gasteiger partial charge is 0.337 e. The summed E-state index contributed by atoms with van der Waals surface area (Å²) in [6, 6.07) is 4.21. The Morgan fingerprint density at radius 3 is 2.68 bits per heavy atom. The summed E-state index contributed by atoms with van der Waals surface area (Å²) in [4.78, 5) is 12.9. The van der Waals surface area contributed by atoms with E-state index in [1.807, 2.05) is 0 Å². The van der Waals surface area contributed by atoms with Crippen molar-refractivity contribution in [2.45, 2.75) is 18.2 Å². The lowest BCUT2D eigenvalue weighted by molar-refractivity contribution is -0.128. The molecule has 1 aromatic carbocycles. The summed E-state index contributed by atoms with van der Waals surface area (Å²) in [7, 11) is -3.77. The smallest absolute Gasteiger partial charge is 0.224 e. The maximum atomic E-state index is 13.6. The van der Waals surface area contributed by atoms with E-state index < -0.39 is 21.1 Å². The molecular weight excluding hydrogens is 295 g/mol. The molecule has 104 valence electrons. The van der Waals surface area contributed by atoms with Gasteiger partial charge in [-0.05, 0) is 12.1 Å². The van der Waals surface area contributed by atoms with Gasteiger partial charge in [0.2, 0.25) is 15.9 Å². The lowest BCUT2D eigenvalue weighted by Gasteiger charge is -2.17. The molecule has 2 N–H and O–H groups in total. The van der Waals surface area contributed by atoms with Crippen LogP contribution in [0.1, 0.15) is 12.0 Å². The zero-order valence-corrected chi connectivity index (χ0v) is 11.4. The van der Waals surface area contributed by atoms with Crippen LogP contribution in [0.3, 0.4) is 0 Å². The summed E-state index contributed by atoms with van der Waals surface area (Å²) >= 11 is 5.86. The number of primary sulfonamides is 1. The Morgan fingerprint density at radius 2 is 2.16 bits per heavy atom. The summed E-state index contributed by atoms with van der Waals surface area (Å²) in [6.07, 6.45) is -0.176. The van der Waals surface area contributed by atoms with Gasteiger partial charge in [0.15, 0.2) is 0 Å². The third-order valence-corrected chi connectivity index (χ3v) is 4.65. The molecule has 0 bridgehead atoms. The van der Waals surface area contributed by atoms with Gasteiger partial charge in [-0.3, -0.25) is 4.79 Å². The Morgan fingerprint density at radius 1 is 1.47 bits per heavy atom. The van der Waals surface area contributed by atoms with Gasteiger partial charge >= 0.3 is 0 Å².